The van der Waals surface area contributed by atoms with Crippen LogP contribution in [0.25, 0.3) is 0 Å². The average Bonchev–Trinajstić information content (AvgIpc) is 2.85. The second kappa shape index (κ2) is 4.81. The molecule has 2 fully saturated rings. The molecule has 0 radical (unpaired) electrons. The van der Waals surface area contributed by atoms with Crippen molar-refractivity contribution in [2.75, 3.05) is 25.1 Å². The molecule has 1 saturated carbocycles. The SMILES string of the molecule is CN(CC1(C(=O)O)CCCC1)C1CCS(=O)(=O)C1. The van der Waals surface area contributed by atoms with Gasteiger partial charge in [0.15, 0.2) is 9.84 Å². The quantitative estimate of drug-likeness (QED) is 0.819. The van der Waals surface area contributed by atoms with Crippen molar-refractivity contribution in [2.24, 2.45) is 5.41 Å². The lowest BCUT2D eigenvalue weighted by Crippen LogP contribution is -2.44. The Labute approximate surface area is 108 Å². The molecule has 1 atom stereocenters. The molecule has 1 saturated heterocycles. The summed E-state index contributed by atoms with van der Waals surface area (Å²) in [5.74, 6) is -0.311. The first-order valence-corrected chi connectivity index (χ1v) is 8.31. The molecule has 104 valence electrons. The van der Waals surface area contributed by atoms with E-state index in [1.54, 1.807) is 0 Å². The Morgan fingerprint density at radius 3 is 2.44 bits per heavy atom. The van der Waals surface area contributed by atoms with E-state index in [1.807, 2.05) is 11.9 Å². The van der Waals surface area contributed by atoms with Crippen LogP contribution >= 0.6 is 0 Å². The van der Waals surface area contributed by atoms with E-state index in [1.165, 1.54) is 0 Å². The molecule has 0 bridgehead atoms. The molecule has 0 aromatic rings. The van der Waals surface area contributed by atoms with Gasteiger partial charge in [-0.3, -0.25) is 4.79 Å². The van der Waals surface area contributed by atoms with E-state index < -0.39 is 21.2 Å². The molecule has 2 aliphatic rings. The number of carbonyl (C=O) groups is 1. The van der Waals surface area contributed by atoms with Crippen molar-refractivity contribution in [3.63, 3.8) is 0 Å². The zero-order chi connectivity index (χ0) is 13.4. The van der Waals surface area contributed by atoms with Crippen LogP contribution in [0.1, 0.15) is 32.1 Å². The van der Waals surface area contributed by atoms with E-state index in [0.29, 0.717) is 25.8 Å². The van der Waals surface area contributed by atoms with Gasteiger partial charge >= 0.3 is 5.97 Å². The summed E-state index contributed by atoms with van der Waals surface area (Å²) in [5, 5.41) is 9.41. The van der Waals surface area contributed by atoms with Gasteiger partial charge in [-0.25, -0.2) is 8.42 Å². The molecular formula is C12H21NO4S. The molecule has 0 spiro atoms. The molecule has 2 rings (SSSR count). The summed E-state index contributed by atoms with van der Waals surface area (Å²) in [6.45, 7) is 0.475. The summed E-state index contributed by atoms with van der Waals surface area (Å²) in [6, 6.07) is -0.00757. The molecule has 1 aliphatic heterocycles. The average molecular weight is 275 g/mol. The molecule has 5 nitrogen and oxygen atoms in total. The summed E-state index contributed by atoms with van der Waals surface area (Å²) in [4.78, 5) is 13.4. The molecule has 1 N–H and O–H groups in total. The highest BCUT2D eigenvalue weighted by Crippen LogP contribution is 2.39. The highest BCUT2D eigenvalue weighted by atomic mass is 32.2. The van der Waals surface area contributed by atoms with Crippen LogP contribution in [0.3, 0.4) is 0 Å². The molecule has 0 aromatic carbocycles. The number of hydrogen-bond donors (Lipinski definition) is 1. The van der Waals surface area contributed by atoms with Crippen LogP contribution in [-0.2, 0) is 14.6 Å². The summed E-state index contributed by atoms with van der Waals surface area (Å²) in [5.41, 5.74) is -0.652. The number of carboxylic acids is 1. The van der Waals surface area contributed by atoms with Crippen molar-refractivity contribution >= 4 is 15.8 Å². The van der Waals surface area contributed by atoms with Gasteiger partial charge < -0.3 is 10.0 Å². The van der Waals surface area contributed by atoms with Crippen LogP contribution in [0.15, 0.2) is 0 Å². The van der Waals surface area contributed by atoms with E-state index in [2.05, 4.69) is 0 Å². The van der Waals surface area contributed by atoms with Gasteiger partial charge in [-0.05, 0) is 26.3 Å². The van der Waals surface area contributed by atoms with Crippen LogP contribution in [-0.4, -0.2) is 55.5 Å². The van der Waals surface area contributed by atoms with Crippen molar-refractivity contribution in [3.8, 4) is 0 Å². The third-order valence-electron chi connectivity index (χ3n) is 4.40. The molecule has 1 heterocycles. The minimum Gasteiger partial charge on any atom is -0.481 e. The standard InChI is InChI=1S/C12H21NO4S/c1-13(10-4-7-18(16,17)8-10)9-12(11(14)15)5-2-3-6-12/h10H,2-9H2,1H3,(H,14,15). The lowest BCUT2D eigenvalue weighted by molar-refractivity contribution is -0.150. The second-order valence-electron chi connectivity index (χ2n) is 5.76. The Bertz CT molecular complexity index is 425. The fraction of sp³-hybridized carbons (Fsp3) is 0.917. The van der Waals surface area contributed by atoms with Crippen molar-refractivity contribution in [1.29, 1.82) is 0 Å². The van der Waals surface area contributed by atoms with Crippen LogP contribution in [0, 0.1) is 5.41 Å². The van der Waals surface area contributed by atoms with Gasteiger partial charge in [-0.15, -0.1) is 0 Å². The van der Waals surface area contributed by atoms with E-state index in [4.69, 9.17) is 0 Å². The Hall–Kier alpha value is -0.620. The maximum absolute atomic E-state index is 11.5. The summed E-state index contributed by atoms with van der Waals surface area (Å²) >= 11 is 0. The molecular weight excluding hydrogens is 254 g/mol. The van der Waals surface area contributed by atoms with Gasteiger partial charge in [0.25, 0.3) is 0 Å². The first kappa shape index (κ1) is 13.8. The summed E-state index contributed by atoms with van der Waals surface area (Å²) < 4.78 is 22.9. The normalized spacial score (nSPS) is 29.8. The van der Waals surface area contributed by atoms with Crippen molar-refractivity contribution in [1.82, 2.24) is 4.90 Å². The third-order valence-corrected chi connectivity index (χ3v) is 6.15. The molecule has 18 heavy (non-hydrogen) atoms. The predicted molar refractivity (Wildman–Crippen MR) is 68.2 cm³/mol. The molecule has 1 unspecified atom stereocenters. The van der Waals surface area contributed by atoms with Gasteiger partial charge in [0, 0.05) is 12.6 Å². The number of sulfone groups is 1. The number of carboxylic acid groups (broad SMARTS) is 1. The summed E-state index contributed by atoms with van der Waals surface area (Å²) in [6.07, 6.45) is 3.99. The van der Waals surface area contributed by atoms with Gasteiger partial charge in [-0.1, -0.05) is 12.8 Å². The van der Waals surface area contributed by atoms with Crippen LogP contribution in [0.2, 0.25) is 0 Å². The number of hydrogen-bond acceptors (Lipinski definition) is 4. The van der Waals surface area contributed by atoms with E-state index in [0.717, 1.165) is 12.8 Å². The molecule has 6 heteroatoms. The first-order valence-electron chi connectivity index (χ1n) is 6.49. The Balaban J connectivity index is 2.02. The Kier molecular flexibility index (Phi) is 3.69. The molecule has 1 aliphatic carbocycles. The zero-order valence-electron chi connectivity index (χ0n) is 10.8. The fourth-order valence-corrected chi connectivity index (χ4v) is 5.03. The predicted octanol–water partition coefficient (Wildman–Crippen LogP) is 0.750. The number of rotatable bonds is 4. The van der Waals surface area contributed by atoms with Gasteiger partial charge in [0.1, 0.15) is 0 Å². The van der Waals surface area contributed by atoms with Crippen molar-refractivity contribution in [2.45, 2.75) is 38.1 Å². The minimum absolute atomic E-state index is 0.00757. The van der Waals surface area contributed by atoms with Crippen LogP contribution in [0.4, 0.5) is 0 Å². The highest BCUT2D eigenvalue weighted by Gasteiger charge is 2.44. The number of aliphatic carboxylic acids is 1. The number of nitrogens with zero attached hydrogens (tertiary/aromatic N) is 1. The molecule has 0 aromatic heterocycles. The third kappa shape index (κ3) is 2.69. The highest BCUT2D eigenvalue weighted by molar-refractivity contribution is 7.91. The minimum atomic E-state index is -2.90. The lowest BCUT2D eigenvalue weighted by Gasteiger charge is -2.32. The maximum atomic E-state index is 11.5. The smallest absolute Gasteiger partial charge is 0.310 e. The van der Waals surface area contributed by atoms with Crippen LogP contribution < -0.4 is 0 Å². The van der Waals surface area contributed by atoms with E-state index in [-0.39, 0.29) is 17.5 Å². The van der Waals surface area contributed by atoms with Gasteiger partial charge in [-0.2, -0.15) is 0 Å². The topological polar surface area (TPSA) is 74.7 Å². The van der Waals surface area contributed by atoms with E-state index in [9.17, 15) is 18.3 Å². The maximum Gasteiger partial charge on any atom is 0.310 e. The largest absolute Gasteiger partial charge is 0.481 e. The second-order valence-corrected chi connectivity index (χ2v) is 7.99. The lowest BCUT2D eigenvalue weighted by atomic mass is 9.85. The van der Waals surface area contributed by atoms with Crippen molar-refractivity contribution in [3.05, 3.63) is 0 Å². The Morgan fingerprint density at radius 2 is 2.00 bits per heavy atom. The first-order chi connectivity index (χ1) is 8.35. The zero-order valence-corrected chi connectivity index (χ0v) is 11.6. The van der Waals surface area contributed by atoms with Crippen molar-refractivity contribution < 1.29 is 18.3 Å². The molecule has 0 amide bonds. The van der Waals surface area contributed by atoms with E-state index >= 15 is 0 Å². The summed E-state index contributed by atoms with van der Waals surface area (Å²) in [7, 11) is -1.05. The fourth-order valence-electron chi connectivity index (χ4n) is 3.22. The monoisotopic (exact) mass is 275 g/mol. The Morgan fingerprint density at radius 1 is 1.39 bits per heavy atom. The van der Waals surface area contributed by atoms with Gasteiger partial charge in [0.05, 0.1) is 16.9 Å². The van der Waals surface area contributed by atoms with Gasteiger partial charge in [0.2, 0.25) is 0 Å². The van der Waals surface area contributed by atoms with Crippen LogP contribution in [0.5, 0.6) is 0 Å².